The molecule has 0 bridgehead atoms. The first-order chi connectivity index (χ1) is 12.9. The van der Waals surface area contributed by atoms with Crippen LogP contribution in [0.2, 0.25) is 0 Å². The Morgan fingerprint density at radius 1 is 1.30 bits per heavy atom. The maximum atomic E-state index is 13.0. The molecule has 2 N–H and O–H groups in total. The molecule has 1 aromatic carbocycles. The number of aryl methyl sites for hydroxylation is 1. The fraction of sp³-hybridized carbons (Fsp3) is 0.571. The third-order valence-electron chi connectivity index (χ3n) is 6.03. The number of urea groups is 1. The highest BCUT2D eigenvalue weighted by Crippen LogP contribution is 2.38. The highest BCUT2D eigenvalue weighted by atomic mass is 16.2. The maximum absolute atomic E-state index is 13.0. The second-order valence-corrected chi connectivity index (χ2v) is 7.88. The van der Waals surface area contributed by atoms with Gasteiger partial charge < -0.3 is 10.6 Å². The number of carbonyl (C=O) groups is 3. The Balaban J connectivity index is 1.67. The van der Waals surface area contributed by atoms with Crippen molar-refractivity contribution >= 4 is 17.8 Å². The predicted octanol–water partition coefficient (Wildman–Crippen LogP) is 3.06. The smallest absolute Gasteiger partial charge is 0.325 e. The number of rotatable bonds is 5. The number of benzene rings is 1. The summed E-state index contributed by atoms with van der Waals surface area (Å²) in [5.74, 6) is -0.476. The molecule has 3 atom stereocenters. The summed E-state index contributed by atoms with van der Waals surface area (Å²) < 4.78 is 0. The van der Waals surface area contributed by atoms with E-state index in [4.69, 9.17) is 0 Å². The highest BCUT2D eigenvalue weighted by Gasteiger charge is 2.55. The summed E-state index contributed by atoms with van der Waals surface area (Å²) in [6.45, 7) is 5.78. The molecular formula is C21H29N3O3. The Morgan fingerprint density at radius 2 is 2.00 bits per heavy atom. The van der Waals surface area contributed by atoms with Crippen molar-refractivity contribution in [2.24, 2.45) is 5.92 Å². The summed E-state index contributed by atoms with van der Waals surface area (Å²) in [5, 5.41) is 5.85. The largest absolute Gasteiger partial charge is 0.348 e. The van der Waals surface area contributed by atoms with Gasteiger partial charge in [-0.15, -0.1) is 0 Å². The van der Waals surface area contributed by atoms with Crippen molar-refractivity contribution in [3.05, 3.63) is 35.4 Å². The lowest BCUT2D eigenvalue weighted by molar-refractivity contribution is -0.137. The van der Waals surface area contributed by atoms with Gasteiger partial charge in [-0.05, 0) is 37.7 Å². The third kappa shape index (κ3) is 3.70. The van der Waals surface area contributed by atoms with E-state index < -0.39 is 11.6 Å². The first-order valence-electron chi connectivity index (χ1n) is 9.87. The minimum absolute atomic E-state index is 0.0895. The minimum atomic E-state index is -0.823. The molecule has 1 saturated heterocycles. The molecule has 1 saturated carbocycles. The van der Waals surface area contributed by atoms with Crippen molar-refractivity contribution in [3.63, 3.8) is 0 Å². The van der Waals surface area contributed by atoms with E-state index in [2.05, 4.69) is 10.6 Å². The van der Waals surface area contributed by atoms with Crippen LogP contribution in [0.15, 0.2) is 24.3 Å². The Labute approximate surface area is 160 Å². The molecule has 1 aliphatic carbocycles. The van der Waals surface area contributed by atoms with Gasteiger partial charge in [-0.1, -0.05) is 56.5 Å². The van der Waals surface area contributed by atoms with Crippen LogP contribution in [0.4, 0.5) is 4.79 Å². The van der Waals surface area contributed by atoms with E-state index in [9.17, 15) is 14.4 Å². The molecular weight excluding hydrogens is 342 g/mol. The lowest BCUT2D eigenvalue weighted by Gasteiger charge is -2.36. The van der Waals surface area contributed by atoms with Crippen LogP contribution >= 0.6 is 0 Å². The average Bonchev–Trinajstić information content (AvgIpc) is 2.88. The molecule has 0 radical (unpaired) electrons. The first-order valence-corrected chi connectivity index (χ1v) is 9.87. The topological polar surface area (TPSA) is 78.5 Å². The van der Waals surface area contributed by atoms with E-state index >= 15 is 0 Å². The van der Waals surface area contributed by atoms with Crippen molar-refractivity contribution in [1.29, 1.82) is 0 Å². The number of carbonyl (C=O) groups excluding carboxylic acids is 3. The molecule has 146 valence electrons. The zero-order valence-electron chi connectivity index (χ0n) is 16.4. The van der Waals surface area contributed by atoms with E-state index in [-0.39, 0.29) is 30.3 Å². The molecule has 4 amide bonds. The van der Waals surface area contributed by atoms with Crippen LogP contribution < -0.4 is 10.6 Å². The quantitative estimate of drug-likeness (QED) is 0.781. The molecule has 3 rings (SSSR count). The van der Waals surface area contributed by atoms with Gasteiger partial charge >= 0.3 is 6.03 Å². The van der Waals surface area contributed by atoms with E-state index in [0.29, 0.717) is 6.42 Å². The Bertz CT molecular complexity index is 731. The molecule has 1 spiro atoms. The normalized spacial score (nSPS) is 26.2. The van der Waals surface area contributed by atoms with E-state index in [1.807, 2.05) is 45.0 Å². The van der Waals surface area contributed by atoms with Crippen LogP contribution in [-0.4, -0.2) is 34.8 Å². The molecule has 2 fully saturated rings. The number of amides is 4. The van der Waals surface area contributed by atoms with Crippen molar-refractivity contribution in [2.45, 2.75) is 64.5 Å². The van der Waals surface area contributed by atoms with Gasteiger partial charge in [0.05, 0.1) is 6.04 Å². The van der Waals surface area contributed by atoms with Crippen LogP contribution in [0.5, 0.6) is 0 Å². The Hall–Kier alpha value is -2.37. The molecule has 1 aromatic rings. The summed E-state index contributed by atoms with van der Waals surface area (Å²) in [7, 11) is 0. The monoisotopic (exact) mass is 371 g/mol. The van der Waals surface area contributed by atoms with Gasteiger partial charge in [-0.3, -0.25) is 14.5 Å². The standard InChI is InChI=1S/C21H29N3O3/c1-4-17(16-10-8-14(2)9-11-16)22-18(25)13-24-19(26)21(23-20(24)27)12-6-5-7-15(21)3/h8-11,15,17H,4-7,12-13H2,1-3H3,(H,22,25)(H,23,27)/t15-,17-,21-/m0/s1. The summed E-state index contributed by atoms with van der Waals surface area (Å²) in [6.07, 6.45) is 4.29. The number of nitrogens with one attached hydrogen (secondary N) is 2. The summed E-state index contributed by atoms with van der Waals surface area (Å²) in [6, 6.07) is 7.42. The third-order valence-corrected chi connectivity index (χ3v) is 6.03. The van der Waals surface area contributed by atoms with Crippen LogP contribution in [0.3, 0.4) is 0 Å². The molecule has 6 heteroatoms. The van der Waals surface area contributed by atoms with Crippen LogP contribution in [0.25, 0.3) is 0 Å². The van der Waals surface area contributed by atoms with Crippen molar-refractivity contribution in [1.82, 2.24) is 15.5 Å². The van der Waals surface area contributed by atoms with Gasteiger partial charge in [0.1, 0.15) is 12.1 Å². The second kappa shape index (κ2) is 7.71. The molecule has 1 aliphatic heterocycles. The van der Waals surface area contributed by atoms with Gasteiger partial charge in [0.15, 0.2) is 0 Å². The van der Waals surface area contributed by atoms with Gasteiger partial charge in [0.2, 0.25) is 5.91 Å². The van der Waals surface area contributed by atoms with Crippen molar-refractivity contribution in [2.75, 3.05) is 6.54 Å². The molecule has 0 unspecified atom stereocenters. The lowest BCUT2D eigenvalue weighted by Crippen LogP contribution is -2.54. The zero-order valence-corrected chi connectivity index (χ0v) is 16.4. The summed E-state index contributed by atoms with van der Waals surface area (Å²) in [4.78, 5) is 39.0. The molecule has 27 heavy (non-hydrogen) atoms. The zero-order chi connectivity index (χ0) is 19.6. The first kappa shape index (κ1) is 19.4. The van der Waals surface area contributed by atoms with Crippen LogP contribution in [0.1, 0.15) is 63.1 Å². The molecule has 1 heterocycles. The van der Waals surface area contributed by atoms with E-state index in [1.54, 1.807) is 0 Å². The van der Waals surface area contributed by atoms with E-state index in [1.165, 1.54) is 0 Å². The van der Waals surface area contributed by atoms with E-state index in [0.717, 1.165) is 41.7 Å². The molecule has 6 nitrogen and oxygen atoms in total. The van der Waals surface area contributed by atoms with Crippen molar-refractivity contribution < 1.29 is 14.4 Å². The Kier molecular flexibility index (Phi) is 5.53. The van der Waals surface area contributed by atoms with Gasteiger partial charge in [-0.2, -0.15) is 0 Å². The maximum Gasteiger partial charge on any atom is 0.325 e. The SMILES string of the molecule is CC[C@H](NC(=O)CN1C(=O)N[C@]2(CCCC[C@@H]2C)C1=O)c1ccc(C)cc1. The number of hydrogen-bond acceptors (Lipinski definition) is 3. The average molecular weight is 371 g/mol. The molecule has 2 aliphatic rings. The number of hydrogen-bond donors (Lipinski definition) is 2. The van der Waals surface area contributed by atoms with Gasteiger partial charge in [0, 0.05) is 0 Å². The molecule has 0 aromatic heterocycles. The fourth-order valence-corrected chi connectivity index (χ4v) is 4.24. The fourth-order valence-electron chi connectivity index (χ4n) is 4.24. The van der Waals surface area contributed by atoms with Gasteiger partial charge in [-0.25, -0.2) is 4.79 Å². The predicted molar refractivity (Wildman–Crippen MR) is 103 cm³/mol. The highest BCUT2D eigenvalue weighted by molar-refractivity contribution is 6.09. The Morgan fingerprint density at radius 3 is 2.63 bits per heavy atom. The summed E-state index contributed by atoms with van der Waals surface area (Å²) >= 11 is 0. The minimum Gasteiger partial charge on any atom is -0.348 e. The lowest BCUT2D eigenvalue weighted by atomic mass is 9.73. The second-order valence-electron chi connectivity index (χ2n) is 7.88. The van der Waals surface area contributed by atoms with Gasteiger partial charge in [0.25, 0.3) is 5.91 Å². The van der Waals surface area contributed by atoms with Crippen LogP contribution in [-0.2, 0) is 9.59 Å². The summed E-state index contributed by atoms with van der Waals surface area (Å²) in [5.41, 5.74) is 1.36. The van der Waals surface area contributed by atoms with Crippen molar-refractivity contribution in [3.8, 4) is 0 Å². The van der Waals surface area contributed by atoms with Crippen LogP contribution in [0, 0.1) is 12.8 Å². The number of imide groups is 1. The number of nitrogens with zero attached hydrogens (tertiary/aromatic N) is 1.